The van der Waals surface area contributed by atoms with Crippen molar-refractivity contribution in [2.45, 2.75) is 38.6 Å². The van der Waals surface area contributed by atoms with Gasteiger partial charge in [-0.1, -0.05) is 19.8 Å². The third-order valence-corrected chi connectivity index (χ3v) is 3.85. The van der Waals surface area contributed by atoms with E-state index in [0.29, 0.717) is 6.04 Å². The molecule has 1 aliphatic rings. The lowest BCUT2D eigenvalue weighted by atomic mass is 9.98. The molecule has 3 nitrogen and oxygen atoms in total. The molecule has 96 valence electrons. The van der Waals surface area contributed by atoms with Gasteiger partial charge in [0.05, 0.1) is 6.61 Å². The minimum Gasteiger partial charge on any atom is -0.383 e. The Kier molecular flexibility index (Phi) is 7.01. The second kappa shape index (κ2) is 8.04. The van der Waals surface area contributed by atoms with Crippen LogP contribution < -0.4 is 5.32 Å². The number of hydrogen-bond donors (Lipinski definition) is 1. The van der Waals surface area contributed by atoms with Gasteiger partial charge in [-0.25, -0.2) is 0 Å². The van der Waals surface area contributed by atoms with Crippen molar-refractivity contribution < 1.29 is 4.74 Å². The van der Waals surface area contributed by atoms with Crippen molar-refractivity contribution in [2.75, 3.05) is 40.4 Å². The Morgan fingerprint density at radius 1 is 1.38 bits per heavy atom. The molecule has 1 fully saturated rings. The highest BCUT2D eigenvalue weighted by molar-refractivity contribution is 4.82. The predicted octanol–water partition coefficient (Wildman–Crippen LogP) is 1.73. The van der Waals surface area contributed by atoms with E-state index in [-0.39, 0.29) is 0 Å². The normalized spacial score (nSPS) is 19.5. The molecule has 1 N–H and O–H groups in total. The summed E-state index contributed by atoms with van der Waals surface area (Å²) in [6.07, 6.45) is 5.67. The van der Waals surface area contributed by atoms with Crippen LogP contribution in [0, 0.1) is 5.92 Å². The SMILES string of the molecule is CCN(CCOC)CC(NC)C1CCCC1. The quantitative estimate of drug-likeness (QED) is 0.685. The molecule has 1 aliphatic carbocycles. The molecule has 0 saturated heterocycles. The maximum absolute atomic E-state index is 5.15. The van der Waals surface area contributed by atoms with E-state index in [9.17, 15) is 0 Å². The Hall–Kier alpha value is -0.120. The van der Waals surface area contributed by atoms with Crippen LogP contribution in [0.5, 0.6) is 0 Å². The molecule has 0 aromatic carbocycles. The first-order valence-corrected chi connectivity index (χ1v) is 6.70. The number of nitrogens with one attached hydrogen (secondary N) is 1. The van der Waals surface area contributed by atoms with E-state index >= 15 is 0 Å². The van der Waals surface area contributed by atoms with E-state index in [1.807, 2.05) is 0 Å². The number of hydrogen-bond acceptors (Lipinski definition) is 3. The maximum Gasteiger partial charge on any atom is 0.0589 e. The lowest BCUT2D eigenvalue weighted by Crippen LogP contribution is -2.44. The van der Waals surface area contributed by atoms with Gasteiger partial charge in [-0.3, -0.25) is 4.90 Å². The van der Waals surface area contributed by atoms with E-state index in [1.54, 1.807) is 7.11 Å². The summed E-state index contributed by atoms with van der Waals surface area (Å²) >= 11 is 0. The van der Waals surface area contributed by atoms with Gasteiger partial charge in [-0.05, 0) is 32.4 Å². The highest BCUT2D eigenvalue weighted by Gasteiger charge is 2.24. The summed E-state index contributed by atoms with van der Waals surface area (Å²) in [4.78, 5) is 2.49. The average Bonchev–Trinajstić information content (AvgIpc) is 2.83. The molecule has 0 bridgehead atoms. The molecule has 0 spiro atoms. The minimum atomic E-state index is 0.666. The summed E-state index contributed by atoms with van der Waals surface area (Å²) in [6, 6.07) is 0.666. The fourth-order valence-corrected chi connectivity index (χ4v) is 2.71. The van der Waals surface area contributed by atoms with Gasteiger partial charge in [0, 0.05) is 26.2 Å². The molecule has 16 heavy (non-hydrogen) atoms. The fourth-order valence-electron chi connectivity index (χ4n) is 2.71. The summed E-state index contributed by atoms with van der Waals surface area (Å²) in [5, 5.41) is 3.50. The number of nitrogens with zero attached hydrogens (tertiary/aromatic N) is 1. The highest BCUT2D eigenvalue weighted by atomic mass is 16.5. The Balaban J connectivity index is 2.33. The van der Waals surface area contributed by atoms with E-state index < -0.39 is 0 Å². The third-order valence-electron chi connectivity index (χ3n) is 3.85. The number of ether oxygens (including phenoxy) is 1. The maximum atomic E-state index is 5.15. The van der Waals surface area contributed by atoms with Crippen LogP contribution in [-0.4, -0.2) is 51.3 Å². The Morgan fingerprint density at radius 3 is 2.56 bits per heavy atom. The van der Waals surface area contributed by atoms with Gasteiger partial charge in [0.25, 0.3) is 0 Å². The van der Waals surface area contributed by atoms with Crippen LogP contribution in [0.15, 0.2) is 0 Å². The third kappa shape index (κ3) is 4.40. The van der Waals surface area contributed by atoms with Gasteiger partial charge >= 0.3 is 0 Å². The van der Waals surface area contributed by atoms with E-state index in [1.165, 1.54) is 32.2 Å². The Bertz CT molecular complexity index is 169. The smallest absolute Gasteiger partial charge is 0.0589 e. The number of methoxy groups -OCH3 is 1. The molecule has 1 rings (SSSR count). The summed E-state index contributed by atoms with van der Waals surface area (Å²) in [5.41, 5.74) is 0. The van der Waals surface area contributed by atoms with E-state index in [4.69, 9.17) is 4.74 Å². The van der Waals surface area contributed by atoms with Crippen LogP contribution >= 0.6 is 0 Å². The molecule has 0 heterocycles. The van der Waals surface area contributed by atoms with Crippen LogP contribution in [0.1, 0.15) is 32.6 Å². The monoisotopic (exact) mass is 228 g/mol. The van der Waals surface area contributed by atoms with Gasteiger partial charge in [0.1, 0.15) is 0 Å². The van der Waals surface area contributed by atoms with Crippen molar-refractivity contribution >= 4 is 0 Å². The summed E-state index contributed by atoms with van der Waals surface area (Å²) in [7, 11) is 3.88. The standard InChI is InChI=1S/C13H28N2O/c1-4-15(9-10-16-3)11-13(14-2)12-7-5-6-8-12/h12-14H,4-11H2,1-3H3. The van der Waals surface area contributed by atoms with Crippen molar-refractivity contribution in [1.82, 2.24) is 10.2 Å². The van der Waals surface area contributed by atoms with Crippen LogP contribution in [0.4, 0.5) is 0 Å². The summed E-state index contributed by atoms with van der Waals surface area (Å²) < 4.78 is 5.15. The largest absolute Gasteiger partial charge is 0.383 e. The zero-order valence-electron chi connectivity index (χ0n) is 11.2. The van der Waals surface area contributed by atoms with Gasteiger partial charge < -0.3 is 10.1 Å². The van der Waals surface area contributed by atoms with Gasteiger partial charge in [0.15, 0.2) is 0 Å². The molecule has 1 unspecified atom stereocenters. The first-order chi connectivity index (χ1) is 7.81. The van der Waals surface area contributed by atoms with Crippen LogP contribution in [0.2, 0.25) is 0 Å². The number of likely N-dealkylation sites (N-methyl/N-ethyl adjacent to an activating group) is 2. The second-order valence-corrected chi connectivity index (χ2v) is 4.83. The molecular formula is C13H28N2O. The first-order valence-electron chi connectivity index (χ1n) is 6.70. The van der Waals surface area contributed by atoms with Crippen molar-refractivity contribution in [2.24, 2.45) is 5.92 Å². The van der Waals surface area contributed by atoms with E-state index in [0.717, 1.165) is 25.6 Å². The van der Waals surface area contributed by atoms with Gasteiger partial charge in [0.2, 0.25) is 0 Å². The lowest BCUT2D eigenvalue weighted by molar-refractivity contribution is 0.137. The molecule has 1 saturated carbocycles. The molecule has 1 atom stereocenters. The van der Waals surface area contributed by atoms with Crippen LogP contribution in [0.3, 0.4) is 0 Å². The molecular weight excluding hydrogens is 200 g/mol. The zero-order valence-corrected chi connectivity index (χ0v) is 11.2. The minimum absolute atomic E-state index is 0.666. The molecule has 0 aromatic rings. The topological polar surface area (TPSA) is 24.5 Å². The summed E-state index contributed by atoms with van der Waals surface area (Å²) in [5.74, 6) is 0.890. The number of rotatable bonds is 8. The lowest BCUT2D eigenvalue weighted by Gasteiger charge is -2.29. The highest BCUT2D eigenvalue weighted by Crippen LogP contribution is 2.27. The van der Waals surface area contributed by atoms with Crippen molar-refractivity contribution in [1.29, 1.82) is 0 Å². The first kappa shape index (κ1) is 13.9. The van der Waals surface area contributed by atoms with Crippen LogP contribution in [0.25, 0.3) is 0 Å². The average molecular weight is 228 g/mol. The van der Waals surface area contributed by atoms with Gasteiger partial charge in [-0.15, -0.1) is 0 Å². The second-order valence-electron chi connectivity index (χ2n) is 4.83. The molecule has 0 aliphatic heterocycles. The van der Waals surface area contributed by atoms with Crippen molar-refractivity contribution in [3.05, 3.63) is 0 Å². The zero-order chi connectivity index (χ0) is 11.8. The fraction of sp³-hybridized carbons (Fsp3) is 1.00. The Labute approximate surface area is 101 Å². The van der Waals surface area contributed by atoms with E-state index in [2.05, 4.69) is 24.2 Å². The van der Waals surface area contributed by atoms with Crippen LogP contribution in [-0.2, 0) is 4.74 Å². The predicted molar refractivity (Wildman–Crippen MR) is 68.8 cm³/mol. The Morgan fingerprint density at radius 2 is 2.06 bits per heavy atom. The summed E-state index contributed by atoms with van der Waals surface area (Å²) in [6.45, 7) is 6.42. The molecule has 0 aromatic heterocycles. The van der Waals surface area contributed by atoms with Gasteiger partial charge in [-0.2, -0.15) is 0 Å². The van der Waals surface area contributed by atoms with Crippen molar-refractivity contribution in [3.63, 3.8) is 0 Å². The molecule has 0 radical (unpaired) electrons. The molecule has 0 amide bonds. The molecule has 3 heteroatoms. The van der Waals surface area contributed by atoms with Crippen molar-refractivity contribution in [3.8, 4) is 0 Å².